The molecule has 2 heterocycles. The fourth-order valence-electron chi connectivity index (χ4n) is 1.92. The molecule has 1 unspecified atom stereocenters. The molecule has 1 atom stereocenters. The monoisotopic (exact) mass is 245 g/mol. The lowest BCUT2D eigenvalue weighted by Crippen LogP contribution is -2.24. The van der Waals surface area contributed by atoms with E-state index in [0.29, 0.717) is 0 Å². The molecule has 0 saturated carbocycles. The molecule has 0 bridgehead atoms. The Kier molecular flexibility index (Phi) is 4.41. The van der Waals surface area contributed by atoms with Crippen molar-refractivity contribution < 1.29 is 0 Å². The van der Waals surface area contributed by atoms with Gasteiger partial charge in [0.25, 0.3) is 0 Å². The van der Waals surface area contributed by atoms with Gasteiger partial charge in [0.2, 0.25) is 0 Å². The van der Waals surface area contributed by atoms with Gasteiger partial charge in [-0.1, -0.05) is 12.1 Å². The van der Waals surface area contributed by atoms with Crippen molar-refractivity contribution in [2.45, 2.75) is 25.8 Å². The lowest BCUT2D eigenvalue weighted by molar-refractivity contribution is 0.523. The topological polar surface area (TPSA) is 55.6 Å². The number of rotatable bonds is 6. The van der Waals surface area contributed by atoms with Crippen molar-refractivity contribution >= 4 is 0 Å². The van der Waals surface area contributed by atoms with Gasteiger partial charge in [0, 0.05) is 38.1 Å². The molecule has 1 N–H and O–H groups in total. The van der Waals surface area contributed by atoms with Crippen LogP contribution in [0.25, 0.3) is 0 Å². The average Bonchev–Trinajstić information content (AvgIpc) is 2.81. The summed E-state index contributed by atoms with van der Waals surface area (Å²) in [5, 5.41) is 11.7. The highest BCUT2D eigenvalue weighted by Crippen LogP contribution is 2.16. The maximum absolute atomic E-state index is 4.15. The third-order valence-corrected chi connectivity index (χ3v) is 2.81. The normalized spacial score (nSPS) is 12.6. The molecular formula is C13H19N5. The lowest BCUT2D eigenvalue weighted by atomic mass is 10.0. The first-order valence-electron chi connectivity index (χ1n) is 6.28. The summed E-state index contributed by atoms with van der Waals surface area (Å²) in [5.41, 5.74) is 2.24. The van der Waals surface area contributed by atoms with Crippen LogP contribution in [-0.4, -0.2) is 26.5 Å². The van der Waals surface area contributed by atoms with E-state index in [1.165, 1.54) is 5.56 Å². The summed E-state index contributed by atoms with van der Waals surface area (Å²) in [5.74, 6) is 0. The van der Waals surface area contributed by atoms with E-state index in [0.717, 1.165) is 25.1 Å². The second-order valence-electron chi connectivity index (χ2n) is 4.37. The summed E-state index contributed by atoms with van der Waals surface area (Å²) in [4.78, 5) is 4.06. The van der Waals surface area contributed by atoms with E-state index in [2.05, 4.69) is 27.5 Å². The Labute approximate surface area is 107 Å². The fraction of sp³-hybridized carbons (Fsp3) is 0.462. The largest absolute Gasteiger partial charge is 0.310 e. The fourth-order valence-corrected chi connectivity index (χ4v) is 1.92. The third-order valence-electron chi connectivity index (χ3n) is 2.81. The molecule has 0 aromatic carbocycles. The van der Waals surface area contributed by atoms with Gasteiger partial charge in [-0.3, -0.25) is 9.67 Å². The van der Waals surface area contributed by atoms with E-state index >= 15 is 0 Å². The van der Waals surface area contributed by atoms with Crippen molar-refractivity contribution in [2.75, 3.05) is 6.54 Å². The average molecular weight is 245 g/mol. The summed E-state index contributed by atoms with van der Waals surface area (Å²) in [6.45, 7) is 3.16. The van der Waals surface area contributed by atoms with Gasteiger partial charge in [-0.15, -0.1) is 5.10 Å². The van der Waals surface area contributed by atoms with Gasteiger partial charge in [-0.25, -0.2) is 0 Å². The third kappa shape index (κ3) is 3.37. The van der Waals surface area contributed by atoms with Crippen molar-refractivity contribution in [3.8, 4) is 0 Å². The minimum Gasteiger partial charge on any atom is -0.310 e. The minimum absolute atomic E-state index is 0.268. The van der Waals surface area contributed by atoms with E-state index in [1.54, 1.807) is 4.68 Å². The zero-order valence-electron chi connectivity index (χ0n) is 10.9. The van der Waals surface area contributed by atoms with Crippen LogP contribution in [0.5, 0.6) is 0 Å². The molecule has 0 radical (unpaired) electrons. The van der Waals surface area contributed by atoms with Gasteiger partial charge in [-0.2, -0.15) is 0 Å². The van der Waals surface area contributed by atoms with Gasteiger partial charge in [0.1, 0.15) is 0 Å². The van der Waals surface area contributed by atoms with Crippen LogP contribution in [0, 0.1) is 0 Å². The number of aromatic nitrogens is 4. The highest BCUT2D eigenvalue weighted by molar-refractivity contribution is 5.17. The Hall–Kier alpha value is -1.75. The van der Waals surface area contributed by atoms with Gasteiger partial charge in [-0.05, 0) is 30.7 Å². The van der Waals surface area contributed by atoms with Crippen LogP contribution in [0.3, 0.4) is 0 Å². The summed E-state index contributed by atoms with van der Waals surface area (Å²) in [6, 6.07) is 4.36. The Balaban J connectivity index is 2.10. The smallest absolute Gasteiger partial charge is 0.0845 e. The molecule has 0 fully saturated rings. The second kappa shape index (κ2) is 6.26. The van der Waals surface area contributed by atoms with Crippen LogP contribution in [0.15, 0.2) is 30.7 Å². The predicted molar refractivity (Wildman–Crippen MR) is 70.0 cm³/mol. The first-order valence-corrected chi connectivity index (χ1v) is 6.28. The maximum Gasteiger partial charge on any atom is 0.0845 e. The Morgan fingerprint density at radius 2 is 2.11 bits per heavy atom. The van der Waals surface area contributed by atoms with Gasteiger partial charge in [0.15, 0.2) is 0 Å². The Morgan fingerprint density at radius 1 is 1.33 bits per heavy atom. The van der Waals surface area contributed by atoms with E-state index in [-0.39, 0.29) is 6.04 Å². The van der Waals surface area contributed by atoms with Gasteiger partial charge < -0.3 is 5.32 Å². The van der Waals surface area contributed by atoms with Crippen LogP contribution in [-0.2, 0) is 13.5 Å². The summed E-state index contributed by atoms with van der Waals surface area (Å²) < 4.78 is 1.73. The van der Waals surface area contributed by atoms with Crippen molar-refractivity contribution in [2.24, 2.45) is 7.05 Å². The molecule has 0 saturated heterocycles. The number of aryl methyl sites for hydroxylation is 1. The molecule has 0 spiro atoms. The van der Waals surface area contributed by atoms with Crippen LogP contribution in [0.1, 0.15) is 30.6 Å². The zero-order valence-corrected chi connectivity index (χ0v) is 10.9. The molecule has 18 heavy (non-hydrogen) atoms. The Morgan fingerprint density at radius 3 is 2.72 bits per heavy atom. The maximum atomic E-state index is 4.15. The standard InChI is InChI=1S/C13H19N5/c1-3-6-15-13(11-4-7-14-8-5-11)9-12-10-18(2)17-16-12/h4-5,7-8,10,13,15H,3,6,9H2,1-2H3. The quantitative estimate of drug-likeness (QED) is 0.838. The first kappa shape index (κ1) is 12.7. The molecule has 2 aromatic heterocycles. The number of hydrogen-bond acceptors (Lipinski definition) is 4. The van der Waals surface area contributed by atoms with Gasteiger partial charge >= 0.3 is 0 Å². The van der Waals surface area contributed by atoms with Crippen LogP contribution >= 0.6 is 0 Å². The molecule has 5 heteroatoms. The number of hydrogen-bond donors (Lipinski definition) is 1. The minimum atomic E-state index is 0.268. The lowest BCUT2D eigenvalue weighted by Gasteiger charge is -2.17. The predicted octanol–water partition coefficient (Wildman–Crippen LogP) is 1.49. The van der Waals surface area contributed by atoms with E-state index in [9.17, 15) is 0 Å². The molecule has 0 aliphatic rings. The molecule has 0 aliphatic carbocycles. The van der Waals surface area contributed by atoms with Crippen LogP contribution in [0.4, 0.5) is 0 Å². The van der Waals surface area contributed by atoms with Crippen LogP contribution < -0.4 is 5.32 Å². The number of pyridine rings is 1. The molecule has 2 aromatic rings. The van der Waals surface area contributed by atoms with Crippen molar-refractivity contribution in [1.82, 2.24) is 25.3 Å². The molecule has 0 aliphatic heterocycles. The van der Waals surface area contributed by atoms with E-state index in [4.69, 9.17) is 0 Å². The van der Waals surface area contributed by atoms with Crippen molar-refractivity contribution in [3.05, 3.63) is 42.0 Å². The Bertz CT molecular complexity index is 465. The van der Waals surface area contributed by atoms with Gasteiger partial charge in [0.05, 0.1) is 5.69 Å². The van der Waals surface area contributed by atoms with E-state index < -0.39 is 0 Å². The number of nitrogens with one attached hydrogen (secondary N) is 1. The highest BCUT2D eigenvalue weighted by atomic mass is 15.4. The zero-order chi connectivity index (χ0) is 12.8. The summed E-state index contributed by atoms with van der Waals surface area (Å²) >= 11 is 0. The van der Waals surface area contributed by atoms with E-state index in [1.807, 2.05) is 37.8 Å². The first-order chi connectivity index (χ1) is 8.79. The molecule has 0 amide bonds. The number of nitrogens with zero attached hydrogens (tertiary/aromatic N) is 4. The summed E-state index contributed by atoms with van der Waals surface area (Å²) in [7, 11) is 1.89. The molecule has 2 rings (SSSR count). The highest BCUT2D eigenvalue weighted by Gasteiger charge is 2.13. The summed E-state index contributed by atoms with van der Waals surface area (Å²) in [6.07, 6.45) is 7.57. The molecular weight excluding hydrogens is 226 g/mol. The van der Waals surface area contributed by atoms with Crippen molar-refractivity contribution in [3.63, 3.8) is 0 Å². The van der Waals surface area contributed by atoms with Crippen LogP contribution in [0.2, 0.25) is 0 Å². The van der Waals surface area contributed by atoms with Crippen molar-refractivity contribution in [1.29, 1.82) is 0 Å². The SMILES string of the molecule is CCCNC(Cc1cn(C)nn1)c1ccncc1. The molecule has 5 nitrogen and oxygen atoms in total. The molecule has 96 valence electrons. The second-order valence-corrected chi connectivity index (χ2v) is 4.37.